The Morgan fingerprint density at radius 2 is 1.83 bits per heavy atom. The Balaban J connectivity index is 1.58. The van der Waals surface area contributed by atoms with Gasteiger partial charge in [-0.3, -0.25) is 19.7 Å². The number of anilines is 1. The fourth-order valence-electron chi connectivity index (χ4n) is 3.39. The largest absolute Gasteiger partial charge is 0.444 e. The maximum atomic E-state index is 12.6. The second kappa shape index (κ2) is 8.73. The molecule has 2 heterocycles. The quantitative estimate of drug-likeness (QED) is 0.719. The van der Waals surface area contributed by atoms with Gasteiger partial charge in [0.2, 0.25) is 11.8 Å². The summed E-state index contributed by atoms with van der Waals surface area (Å²) in [6.45, 7) is 7.82. The van der Waals surface area contributed by atoms with Gasteiger partial charge in [-0.15, -0.1) is 0 Å². The third kappa shape index (κ3) is 5.49. The molecule has 0 bridgehead atoms. The highest BCUT2D eigenvalue weighted by molar-refractivity contribution is 6.04. The molecule has 0 aliphatic carbocycles. The van der Waals surface area contributed by atoms with Crippen molar-refractivity contribution in [3.63, 3.8) is 0 Å². The number of amides is 4. The summed E-state index contributed by atoms with van der Waals surface area (Å²) in [5.41, 5.74) is 0.778. The molecule has 1 atom stereocenters. The molecule has 1 unspecified atom stereocenters. The first-order valence-electron chi connectivity index (χ1n) is 10.1. The summed E-state index contributed by atoms with van der Waals surface area (Å²) in [5, 5.41) is 4.92. The Hall–Kier alpha value is -3.10. The zero-order valence-corrected chi connectivity index (χ0v) is 17.6. The van der Waals surface area contributed by atoms with Crippen LogP contribution < -0.4 is 15.5 Å². The Morgan fingerprint density at radius 3 is 2.47 bits per heavy atom. The summed E-state index contributed by atoms with van der Waals surface area (Å²) in [5.74, 6) is -1.16. The van der Waals surface area contributed by atoms with Crippen molar-refractivity contribution < 1.29 is 23.9 Å². The average molecular weight is 416 g/mol. The fourth-order valence-corrected chi connectivity index (χ4v) is 3.39. The fraction of sp³-hybridized carbons (Fsp3) is 0.524. The second-order valence-electron chi connectivity index (χ2n) is 8.48. The molecular formula is C21H28N4O5. The molecule has 0 saturated carbocycles. The molecule has 30 heavy (non-hydrogen) atoms. The Bertz CT molecular complexity index is 840. The molecule has 9 heteroatoms. The van der Waals surface area contributed by atoms with Gasteiger partial charge in [-0.05, 0) is 45.4 Å². The molecule has 2 fully saturated rings. The first-order valence-corrected chi connectivity index (χ1v) is 10.1. The van der Waals surface area contributed by atoms with Gasteiger partial charge in [0.1, 0.15) is 11.6 Å². The average Bonchev–Trinajstić information content (AvgIpc) is 2.69. The van der Waals surface area contributed by atoms with Crippen molar-refractivity contribution in [3.05, 3.63) is 29.8 Å². The highest BCUT2D eigenvalue weighted by Crippen LogP contribution is 2.20. The van der Waals surface area contributed by atoms with Gasteiger partial charge in [-0.25, -0.2) is 4.79 Å². The van der Waals surface area contributed by atoms with E-state index in [1.165, 1.54) is 0 Å². The van der Waals surface area contributed by atoms with Crippen molar-refractivity contribution in [2.75, 3.05) is 31.1 Å². The molecule has 0 radical (unpaired) electrons. The molecule has 1 aromatic rings. The molecule has 2 aliphatic rings. The van der Waals surface area contributed by atoms with Crippen molar-refractivity contribution in [3.8, 4) is 0 Å². The van der Waals surface area contributed by atoms with Gasteiger partial charge in [0.25, 0.3) is 5.91 Å². The first kappa shape index (κ1) is 21.6. The van der Waals surface area contributed by atoms with E-state index >= 15 is 0 Å². The summed E-state index contributed by atoms with van der Waals surface area (Å²) in [6.07, 6.45) is 0.181. The maximum Gasteiger partial charge on any atom is 0.410 e. The zero-order chi connectivity index (χ0) is 21.9. The number of ether oxygens (including phenoxy) is 1. The summed E-state index contributed by atoms with van der Waals surface area (Å²) in [4.78, 5) is 51.7. The van der Waals surface area contributed by atoms with Crippen LogP contribution in [0, 0.1) is 0 Å². The van der Waals surface area contributed by atoms with E-state index in [4.69, 9.17) is 4.74 Å². The SMILES string of the molecule is CC(C)(C)OC(=O)N1CCN(c2cccc(C(=O)NC3CCC(=O)NC3=O)c2)CC1. The Morgan fingerprint density at radius 1 is 1.13 bits per heavy atom. The van der Waals surface area contributed by atoms with Crippen LogP contribution in [0.5, 0.6) is 0 Å². The molecule has 162 valence electrons. The lowest BCUT2D eigenvalue weighted by atomic mass is 10.1. The molecule has 0 aromatic heterocycles. The van der Waals surface area contributed by atoms with Crippen LogP contribution in [0.15, 0.2) is 24.3 Å². The summed E-state index contributed by atoms with van der Waals surface area (Å²) in [6, 6.07) is 6.43. The van der Waals surface area contributed by atoms with Crippen LogP contribution >= 0.6 is 0 Å². The standard InChI is InChI=1S/C21H28N4O5/c1-21(2,3)30-20(29)25-11-9-24(10-12-25)15-6-4-5-14(13-15)18(27)22-16-7-8-17(26)23-19(16)28/h4-6,13,16H,7-12H2,1-3H3,(H,22,27)(H,23,26,28). The smallest absolute Gasteiger partial charge is 0.410 e. The van der Waals surface area contributed by atoms with Gasteiger partial charge < -0.3 is 19.9 Å². The topological polar surface area (TPSA) is 108 Å². The van der Waals surface area contributed by atoms with Crippen LogP contribution in [0.25, 0.3) is 0 Å². The third-order valence-corrected chi connectivity index (χ3v) is 4.95. The number of nitrogens with one attached hydrogen (secondary N) is 2. The van der Waals surface area contributed by atoms with Crippen LogP contribution in [-0.4, -0.2) is 66.5 Å². The van der Waals surface area contributed by atoms with Crippen LogP contribution in [-0.2, 0) is 14.3 Å². The minimum atomic E-state index is -0.712. The number of piperidine rings is 1. The lowest BCUT2D eigenvalue weighted by molar-refractivity contribution is -0.134. The number of nitrogens with zero attached hydrogens (tertiary/aromatic N) is 2. The molecule has 2 saturated heterocycles. The van der Waals surface area contributed by atoms with E-state index in [0.29, 0.717) is 38.2 Å². The number of imide groups is 1. The van der Waals surface area contributed by atoms with E-state index < -0.39 is 17.6 Å². The predicted octanol–water partition coefficient (Wildman–Crippen LogP) is 1.28. The van der Waals surface area contributed by atoms with Crippen molar-refractivity contribution in [2.24, 2.45) is 0 Å². The molecular weight excluding hydrogens is 388 g/mol. The van der Waals surface area contributed by atoms with E-state index in [2.05, 4.69) is 15.5 Å². The molecule has 0 spiro atoms. The predicted molar refractivity (Wildman–Crippen MR) is 110 cm³/mol. The molecule has 1 aromatic carbocycles. The van der Waals surface area contributed by atoms with Gasteiger partial charge in [0, 0.05) is 43.9 Å². The number of rotatable bonds is 3. The van der Waals surface area contributed by atoms with Gasteiger partial charge in [-0.1, -0.05) is 6.07 Å². The summed E-state index contributed by atoms with van der Waals surface area (Å²) < 4.78 is 5.42. The lowest BCUT2D eigenvalue weighted by Crippen LogP contribution is -2.52. The number of carbonyl (C=O) groups excluding carboxylic acids is 4. The number of piperazine rings is 1. The van der Waals surface area contributed by atoms with Gasteiger partial charge in [0.15, 0.2) is 0 Å². The third-order valence-electron chi connectivity index (χ3n) is 4.95. The normalized spacial score (nSPS) is 19.9. The molecule has 2 aliphatic heterocycles. The van der Waals surface area contributed by atoms with Gasteiger partial charge >= 0.3 is 6.09 Å². The van der Waals surface area contributed by atoms with Crippen molar-refractivity contribution in [1.29, 1.82) is 0 Å². The highest BCUT2D eigenvalue weighted by atomic mass is 16.6. The molecule has 2 N–H and O–H groups in total. The van der Waals surface area contributed by atoms with Crippen molar-refractivity contribution in [2.45, 2.75) is 45.3 Å². The van der Waals surface area contributed by atoms with Crippen LogP contribution in [0.2, 0.25) is 0 Å². The second-order valence-corrected chi connectivity index (χ2v) is 8.48. The van der Waals surface area contributed by atoms with Gasteiger partial charge in [-0.2, -0.15) is 0 Å². The Kier molecular flexibility index (Phi) is 6.28. The number of carbonyl (C=O) groups is 4. The maximum absolute atomic E-state index is 12.6. The lowest BCUT2D eigenvalue weighted by Gasteiger charge is -2.36. The highest BCUT2D eigenvalue weighted by Gasteiger charge is 2.29. The van der Waals surface area contributed by atoms with Crippen LogP contribution in [0.4, 0.5) is 10.5 Å². The van der Waals surface area contributed by atoms with Gasteiger partial charge in [0.05, 0.1) is 0 Å². The number of benzene rings is 1. The summed E-state index contributed by atoms with van der Waals surface area (Å²) >= 11 is 0. The molecule has 3 rings (SSSR count). The van der Waals surface area contributed by atoms with Crippen LogP contribution in [0.1, 0.15) is 44.0 Å². The number of hydrogen-bond donors (Lipinski definition) is 2. The zero-order valence-electron chi connectivity index (χ0n) is 17.6. The van der Waals surface area contributed by atoms with E-state index in [1.54, 1.807) is 23.1 Å². The van der Waals surface area contributed by atoms with Crippen molar-refractivity contribution >= 4 is 29.5 Å². The van der Waals surface area contributed by atoms with E-state index in [1.807, 2.05) is 26.8 Å². The van der Waals surface area contributed by atoms with E-state index in [0.717, 1.165) is 5.69 Å². The minimum Gasteiger partial charge on any atom is -0.444 e. The summed E-state index contributed by atoms with van der Waals surface area (Å²) in [7, 11) is 0. The van der Waals surface area contributed by atoms with E-state index in [9.17, 15) is 19.2 Å². The van der Waals surface area contributed by atoms with Crippen molar-refractivity contribution in [1.82, 2.24) is 15.5 Å². The first-order chi connectivity index (χ1) is 14.1. The molecule has 4 amide bonds. The van der Waals surface area contributed by atoms with E-state index in [-0.39, 0.29) is 24.3 Å². The van der Waals surface area contributed by atoms with Crippen LogP contribution in [0.3, 0.4) is 0 Å². The monoisotopic (exact) mass is 416 g/mol. The Labute approximate surface area is 175 Å². The molecule has 9 nitrogen and oxygen atoms in total. The number of hydrogen-bond acceptors (Lipinski definition) is 6. The minimum absolute atomic E-state index is 0.207.